The average Bonchev–Trinajstić information content (AvgIpc) is 1.03. The monoisotopic (exact) mass is 1560 g/mol. The molecular weight excluding hydrogens is 1460 g/mol. The van der Waals surface area contributed by atoms with Gasteiger partial charge < -0.3 is 49.4 Å². The summed E-state index contributed by atoms with van der Waals surface area (Å²) in [5.41, 5.74) is 8.95. The van der Waals surface area contributed by atoms with Gasteiger partial charge in [-0.3, -0.25) is 24.4 Å². The summed E-state index contributed by atoms with van der Waals surface area (Å²) in [6.07, 6.45) is 11.2. The summed E-state index contributed by atoms with van der Waals surface area (Å²) in [5.74, 6) is 0.504. The highest BCUT2D eigenvalue weighted by Gasteiger charge is 2.27. The lowest BCUT2D eigenvalue weighted by molar-refractivity contribution is -0.147. The molecule has 4 N–H and O–H groups in total. The summed E-state index contributed by atoms with van der Waals surface area (Å²) in [6.45, 7) is 15.6. The van der Waals surface area contributed by atoms with Crippen LogP contribution in [0, 0.1) is 58.6 Å². The smallest absolute Gasteiger partial charge is 0.308 e. The van der Waals surface area contributed by atoms with Gasteiger partial charge in [0.05, 0.1) is 25.1 Å². The molecule has 0 spiro atoms. The molecule has 110 heavy (non-hydrogen) atoms. The number of hydrogen-bond donors (Lipinski definition) is 3. The Labute approximate surface area is 654 Å². The van der Waals surface area contributed by atoms with Gasteiger partial charge >= 0.3 is 5.97 Å². The third kappa shape index (κ3) is 30.9. The Hall–Kier alpha value is -8.06. The van der Waals surface area contributed by atoms with Gasteiger partial charge in [0, 0.05) is 73.1 Å². The molecule has 0 bridgehead atoms. The van der Waals surface area contributed by atoms with E-state index in [9.17, 15) is 35.9 Å². The summed E-state index contributed by atoms with van der Waals surface area (Å²) in [7, 11) is 1.43. The summed E-state index contributed by atoms with van der Waals surface area (Å²) < 4.78 is 113. The first kappa shape index (κ1) is 87.5. The normalized spacial score (nSPS) is 16.6. The Morgan fingerprint density at radius 2 is 0.809 bits per heavy atom. The molecule has 5 heterocycles. The standard InChI is InChI=1S/C27H29ClF2N2O.C15H20FNO3.C14H20FNO2.C14H18FNO2.C13H11ClFN.C4H8O/c28-22-11-9-21(10-12-22)27(23-5-1-2-6-24(23)29)31-19-20-13-15-32(16-14-20)17-18-33-26-8-4-3-7-25(26)30;1-19-15(18)12-6-8-17(9-7-12)10-11-20-14-5-3-2-4-13(14)16;2*15-13-3-1-2-4-14(13)18-10-9-16-7-5-12(11-17)6-8-16;14-10-7-5-9(6-8-10)13(16)11-3-1-2-4-12(11)15;1-2-4-5-3-1/h1-12,20,27,31H,13-19H2;2-5,12H,6-11H2,1H3;1-4,12,17H,5-11H2;1-4,11-12H,5-10H2;1-8,13H,16H2;1-4H2. The molecule has 15 nitrogen and oxygen atoms in total. The average molecular weight is 1560 g/mol. The summed E-state index contributed by atoms with van der Waals surface area (Å²) in [4.78, 5) is 31.1. The van der Waals surface area contributed by atoms with Crippen LogP contribution in [0.25, 0.3) is 0 Å². The van der Waals surface area contributed by atoms with Gasteiger partial charge in [-0.2, -0.15) is 0 Å². The minimum Gasteiger partial charge on any atom is -0.489 e. The van der Waals surface area contributed by atoms with E-state index < -0.39 is 6.04 Å². The Kier molecular flexibility index (Phi) is 39.3. The molecule has 23 heteroatoms. The number of likely N-dealkylation sites (tertiary alicyclic amines) is 4. The number of ether oxygens (including phenoxy) is 6. The maximum absolute atomic E-state index is 14.6. The number of carbonyl (C=O) groups excluding carboxylic acids is 2. The summed E-state index contributed by atoms with van der Waals surface area (Å²) in [5, 5.41) is 14.0. The van der Waals surface area contributed by atoms with Crippen LogP contribution in [0.5, 0.6) is 23.0 Å². The lowest BCUT2D eigenvalue weighted by Gasteiger charge is -2.33. The van der Waals surface area contributed by atoms with Crippen molar-refractivity contribution >= 4 is 35.5 Å². The second kappa shape index (κ2) is 49.3. The van der Waals surface area contributed by atoms with Crippen LogP contribution in [0.3, 0.4) is 0 Å². The van der Waals surface area contributed by atoms with E-state index in [-0.39, 0.29) is 64.5 Å². The van der Waals surface area contributed by atoms with Crippen LogP contribution in [0.1, 0.15) is 98.5 Å². The third-order valence-corrected chi connectivity index (χ3v) is 20.5. The highest BCUT2D eigenvalue weighted by atomic mass is 35.5. The van der Waals surface area contributed by atoms with Crippen molar-refractivity contribution < 1.29 is 69.5 Å². The molecular formula is C87H106Cl2F6N6O9. The van der Waals surface area contributed by atoms with Crippen molar-refractivity contribution in [3.8, 4) is 23.0 Å². The summed E-state index contributed by atoms with van der Waals surface area (Å²) in [6, 6.07) is 53.2. The molecule has 5 aliphatic rings. The topological polar surface area (TPSA) is 161 Å². The molecule has 5 fully saturated rings. The van der Waals surface area contributed by atoms with E-state index in [1.165, 1.54) is 56.3 Å². The van der Waals surface area contributed by atoms with E-state index in [0.717, 1.165) is 167 Å². The largest absolute Gasteiger partial charge is 0.489 e. The van der Waals surface area contributed by atoms with Crippen LogP contribution < -0.4 is 30.0 Å². The molecule has 2 atom stereocenters. The van der Waals surface area contributed by atoms with Gasteiger partial charge in [0.25, 0.3) is 0 Å². The molecule has 5 saturated heterocycles. The number of aliphatic hydroxyl groups excluding tert-OH is 1. The first-order valence-electron chi connectivity index (χ1n) is 38.2. The van der Waals surface area contributed by atoms with Crippen molar-refractivity contribution in [2.24, 2.45) is 29.4 Å². The fourth-order valence-electron chi connectivity index (χ4n) is 13.2. The van der Waals surface area contributed by atoms with Crippen LogP contribution in [0.4, 0.5) is 26.3 Å². The number of esters is 1. The maximum Gasteiger partial charge on any atom is 0.308 e. The van der Waals surface area contributed by atoms with Crippen molar-refractivity contribution in [3.05, 3.63) is 261 Å². The number of nitrogens with one attached hydrogen (secondary N) is 1. The van der Waals surface area contributed by atoms with Crippen LogP contribution in [0.15, 0.2) is 194 Å². The van der Waals surface area contributed by atoms with E-state index in [2.05, 4.69) is 24.9 Å². The van der Waals surface area contributed by atoms with Gasteiger partial charge in [-0.15, -0.1) is 0 Å². The molecule has 0 radical (unpaired) electrons. The van der Waals surface area contributed by atoms with Crippen LogP contribution in [-0.4, -0.2) is 175 Å². The van der Waals surface area contributed by atoms with Crippen molar-refractivity contribution in [1.29, 1.82) is 0 Å². The number of aliphatic hydroxyl groups is 1. The molecule has 0 amide bonds. The SMILES string of the molecule is C1CCOC1.COC(=O)C1CCN(CCOc2ccccc2F)CC1.Fc1ccccc1OCCN1CCC(CNC(c2ccc(Cl)cc2)c2ccccc2F)CC1.NC(c1ccc(Cl)cc1)c1ccccc1F.O=CC1CCN(CCOc2ccccc2F)CC1.OCC1CCN(CCOc2ccccc2F)CC1. The van der Waals surface area contributed by atoms with Crippen molar-refractivity contribution in [2.45, 2.75) is 76.3 Å². The van der Waals surface area contributed by atoms with Crippen LogP contribution in [-0.2, 0) is 19.1 Å². The zero-order chi connectivity index (χ0) is 78.1. The van der Waals surface area contributed by atoms with E-state index in [4.69, 9.17) is 62.5 Å². The van der Waals surface area contributed by atoms with Gasteiger partial charge in [-0.25, -0.2) is 26.3 Å². The predicted molar refractivity (Wildman–Crippen MR) is 421 cm³/mol. The Balaban J connectivity index is 0.000000175. The number of nitrogens with two attached hydrogens (primary N) is 1. The highest BCUT2D eigenvalue weighted by Crippen LogP contribution is 2.30. The number of halogens is 8. The molecule has 5 aliphatic heterocycles. The molecule has 8 aromatic rings. The molecule has 2 unspecified atom stereocenters. The molecule has 13 rings (SSSR count). The molecule has 594 valence electrons. The van der Waals surface area contributed by atoms with E-state index in [1.54, 1.807) is 121 Å². The lowest BCUT2D eigenvalue weighted by atomic mass is 9.94. The van der Waals surface area contributed by atoms with Gasteiger partial charge in [0.1, 0.15) is 44.3 Å². The Bertz CT molecular complexity index is 3890. The second-order valence-electron chi connectivity index (χ2n) is 27.6. The number of methoxy groups -OCH3 is 1. The number of piperidine rings is 4. The number of para-hydroxylation sites is 4. The number of rotatable bonds is 26. The third-order valence-electron chi connectivity index (χ3n) is 20.0. The maximum atomic E-state index is 14.6. The molecule has 0 aliphatic carbocycles. The first-order chi connectivity index (χ1) is 53.6. The van der Waals surface area contributed by atoms with E-state index in [1.807, 2.05) is 36.4 Å². The number of nitrogens with zero attached hydrogens (tertiary/aromatic N) is 4. The number of hydrogen-bond acceptors (Lipinski definition) is 15. The van der Waals surface area contributed by atoms with Crippen molar-refractivity contribution in [2.75, 3.05) is 138 Å². The number of carbonyl (C=O) groups is 2. The van der Waals surface area contributed by atoms with Gasteiger partial charge in [0.15, 0.2) is 46.3 Å². The zero-order valence-corrected chi connectivity index (χ0v) is 64.3. The van der Waals surface area contributed by atoms with Crippen molar-refractivity contribution in [3.63, 3.8) is 0 Å². The Morgan fingerprint density at radius 1 is 0.473 bits per heavy atom. The number of aldehydes is 1. The first-order valence-corrected chi connectivity index (χ1v) is 38.9. The fraction of sp³-hybridized carbons (Fsp3) is 0.425. The van der Waals surface area contributed by atoms with E-state index in [0.29, 0.717) is 83.3 Å². The molecule has 8 aromatic carbocycles. The van der Waals surface area contributed by atoms with Crippen molar-refractivity contribution in [1.82, 2.24) is 24.9 Å². The predicted octanol–water partition coefficient (Wildman–Crippen LogP) is 16.5. The summed E-state index contributed by atoms with van der Waals surface area (Å²) >= 11 is 11.8. The van der Waals surface area contributed by atoms with Crippen LogP contribution >= 0.6 is 23.2 Å². The number of benzene rings is 8. The van der Waals surface area contributed by atoms with Crippen LogP contribution in [0.2, 0.25) is 10.0 Å². The van der Waals surface area contributed by atoms with E-state index >= 15 is 0 Å². The molecule has 0 aromatic heterocycles. The second-order valence-corrected chi connectivity index (χ2v) is 28.5. The van der Waals surface area contributed by atoms with Gasteiger partial charge in [-0.05, 0) is 231 Å². The quantitative estimate of drug-likeness (QED) is 0.0267. The molecule has 0 saturated carbocycles. The lowest BCUT2D eigenvalue weighted by Crippen LogP contribution is -2.40. The fourth-order valence-corrected chi connectivity index (χ4v) is 13.5. The zero-order valence-electron chi connectivity index (χ0n) is 62.8. The minimum atomic E-state index is -0.460. The Morgan fingerprint density at radius 3 is 1.15 bits per heavy atom. The van der Waals surface area contributed by atoms with Gasteiger partial charge in [-0.1, -0.05) is 132 Å². The van der Waals surface area contributed by atoms with Gasteiger partial charge in [0.2, 0.25) is 0 Å². The highest BCUT2D eigenvalue weighted by molar-refractivity contribution is 6.30. The minimum absolute atomic E-state index is 0.0173.